The van der Waals surface area contributed by atoms with Gasteiger partial charge < -0.3 is 14.8 Å². The Morgan fingerprint density at radius 2 is 2.35 bits per heavy atom. The Morgan fingerprint density at radius 3 is 3.13 bits per heavy atom. The van der Waals surface area contributed by atoms with E-state index in [0.717, 1.165) is 29.9 Å². The third-order valence-electron chi connectivity index (χ3n) is 3.78. The molecular formula is C18H19N3O2. The normalized spacial score (nSPS) is 16.8. The van der Waals surface area contributed by atoms with Crippen molar-refractivity contribution in [2.45, 2.75) is 26.0 Å². The van der Waals surface area contributed by atoms with Gasteiger partial charge in [0.15, 0.2) is 0 Å². The van der Waals surface area contributed by atoms with Gasteiger partial charge in [-0.15, -0.1) is 0 Å². The standard InChI is InChI=1S/C18H19N3O2/c1-13-4-5-15(17(9-13)23-16-6-8-22-12-16)11-21-18-14(10-19)3-2-7-20-18/h2-5,7,9,16H,6,8,11-12H2,1H3,(H,20,21). The average Bonchev–Trinajstić information content (AvgIpc) is 3.07. The molecule has 118 valence electrons. The number of nitriles is 1. The first kappa shape index (κ1) is 15.3. The van der Waals surface area contributed by atoms with E-state index in [0.29, 0.717) is 24.5 Å². The molecule has 2 heterocycles. The van der Waals surface area contributed by atoms with Gasteiger partial charge >= 0.3 is 0 Å². The molecule has 0 radical (unpaired) electrons. The molecule has 5 nitrogen and oxygen atoms in total. The minimum Gasteiger partial charge on any atom is -0.488 e. The summed E-state index contributed by atoms with van der Waals surface area (Å²) in [7, 11) is 0. The van der Waals surface area contributed by atoms with Crippen LogP contribution in [0, 0.1) is 18.3 Å². The summed E-state index contributed by atoms with van der Waals surface area (Å²) >= 11 is 0. The second kappa shape index (κ2) is 7.12. The largest absolute Gasteiger partial charge is 0.488 e. The lowest BCUT2D eigenvalue weighted by Crippen LogP contribution is -2.17. The molecule has 0 spiro atoms. The molecule has 1 aliphatic heterocycles. The van der Waals surface area contributed by atoms with Crippen LogP contribution in [0.5, 0.6) is 5.75 Å². The van der Waals surface area contributed by atoms with Gasteiger partial charge in [0.2, 0.25) is 0 Å². The molecule has 1 unspecified atom stereocenters. The Kier molecular flexibility index (Phi) is 4.74. The lowest BCUT2D eigenvalue weighted by Gasteiger charge is -2.17. The van der Waals surface area contributed by atoms with Gasteiger partial charge in [-0.05, 0) is 30.7 Å². The second-order valence-electron chi connectivity index (χ2n) is 5.58. The van der Waals surface area contributed by atoms with Crippen LogP contribution in [0.1, 0.15) is 23.1 Å². The third-order valence-corrected chi connectivity index (χ3v) is 3.78. The number of hydrogen-bond acceptors (Lipinski definition) is 5. The maximum absolute atomic E-state index is 9.13. The van der Waals surface area contributed by atoms with Crippen LogP contribution in [0.25, 0.3) is 0 Å². The van der Waals surface area contributed by atoms with Crippen molar-refractivity contribution in [3.8, 4) is 11.8 Å². The van der Waals surface area contributed by atoms with E-state index in [1.165, 1.54) is 0 Å². The first-order valence-electron chi connectivity index (χ1n) is 7.69. The molecule has 1 aliphatic rings. The van der Waals surface area contributed by atoms with E-state index in [4.69, 9.17) is 14.7 Å². The molecule has 0 aliphatic carbocycles. The van der Waals surface area contributed by atoms with Crippen molar-refractivity contribution >= 4 is 5.82 Å². The van der Waals surface area contributed by atoms with Crippen molar-refractivity contribution in [2.24, 2.45) is 0 Å². The van der Waals surface area contributed by atoms with Gasteiger partial charge in [0.25, 0.3) is 0 Å². The maximum Gasteiger partial charge on any atom is 0.144 e. The summed E-state index contributed by atoms with van der Waals surface area (Å²) in [6.07, 6.45) is 2.70. The minimum atomic E-state index is 0.111. The molecular weight excluding hydrogens is 290 g/mol. The van der Waals surface area contributed by atoms with Crippen molar-refractivity contribution < 1.29 is 9.47 Å². The van der Waals surface area contributed by atoms with E-state index >= 15 is 0 Å². The average molecular weight is 309 g/mol. The quantitative estimate of drug-likeness (QED) is 0.919. The fourth-order valence-corrected chi connectivity index (χ4v) is 2.52. The summed E-state index contributed by atoms with van der Waals surface area (Å²) in [6.45, 7) is 3.99. The molecule has 1 aromatic heterocycles. The number of rotatable bonds is 5. The molecule has 0 saturated carbocycles. The van der Waals surface area contributed by atoms with Crippen molar-refractivity contribution in [1.29, 1.82) is 5.26 Å². The zero-order valence-corrected chi connectivity index (χ0v) is 13.1. The third kappa shape index (κ3) is 3.79. The summed E-state index contributed by atoms with van der Waals surface area (Å²) in [4.78, 5) is 4.22. The predicted octanol–water partition coefficient (Wildman–Crippen LogP) is 3.04. The van der Waals surface area contributed by atoms with E-state index < -0.39 is 0 Å². The van der Waals surface area contributed by atoms with Gasteiger partial charge in [-0.3, -0.25) is 0 Å². The highest BCUT2D eigenvalue weighted by atomic mass is 16.5. The lowest BCUT2D eigenvalue weighted by molar-refractivity contribution is 0.140. The number of benzene rings is 1. The van der Waals surface area contributed by atoms with E-state index in [1.807, 2.05) is 19.1 Å². The van der Waals surface area contributed by atoms with E-state index in [9.17, 15) is 0 Å². The Hall–Kier alpha value is -2.58. The van der Waals surface area contributed by atoms with Gasteiger partial charge in [-0.2, -0.15) is 5.26 Å². The topological polar surface area (TPSA) is 67.2 Å². The van der Waals surface area contributed by atoms with Gasteiger partial charge in [0.1, 0.15) is 23.7 Å². The highest BCUT2D eigenvalue weighted by Crippen LogP contribution is 2.25. The zero-order chi connectivity index (χ0) is 16.1. The molecule has 0 bridgehead atoms. The molecule has 1 saturated heterocycles. The summed E-state index contributed by atoms with van der Waals surface area (Å²) in [6, 6.07) is 11.8. The number of aryl methyl sites for hydroxylation is 1. The SMILES string of the molecule is Cc1ccc(CNc2ncccc2C#N)c(OC2CCOC2)c1. The van der Waals surface area contributed by atoms with Crippen molar-refractivity contribution in [1.82, 2.24) is 4.98 Å². The highest BCUT2D eigenvalue weighted by molar-refractivity contribution is 5.52. The smallest absolute Gasteiger partial charge is 0.144 e. The maximum atomic E-state index is 9.13. The fraction of sp³-hybridized carbons (Fsp3) is 0.333. The van der Waals surface area contributed by atoms with Gasteiger partial charge in [0.05, 0.1) is 18.8 Å². The van der Waals surface area contributed by atoms with Gasteiger partial charge in [-0.25, -0.2) is 4.98 Å². The molecule has 5 heteroatoms. The monoisotopic (exact) mass is 309 g/mol. The second-order valence-corrected chi connectivity index (χ2v) is 5.58. The van der Waals surface area contributed by atoms with E-state index in [-0.39, 0.29) is 6.10 Å². The van der Waals surface area contributed by atoms with E-state index in [2.05, 4.69) is 22.4 Å². The fourth-order valence-electron chi connectivity index (χ4n) is 2.52. The first-order chi connectivity index (χ1) is 11.3. The molecule has 1 aromatic carbocycles. The summed E-state index contributed by atoms with van der Waals surface area (Å²) < 4.78 is 11.5. The van der Waals surface area contributed by atoms with Crippen LogP contribution in [0.4, 0.5) is 5.82 Å². The lowest BCUT2D eigenvalue weighted by atomic mass is 10.1. The zero-order valence-electron chi connectivity index (χ0n) is 13.1. The number of anilines is 1. The van der Waals surface area contributed by atoms with Crippen LogP contribution in [0.2, 0.25) is 0 Å². The summed E-state index contributed by atoms with van der Waals surface area (Å²) in [5.74, 6) is 1.45. The molecule has 1 N–H and O–H groups in total. The Labute approximate surface area is 135 Å². The number of hydrogen-bond donors (Lipinski definition) is 1. The van der Waals surface area contributed by atoms with Crippen LogP contribution in [0.15, 0.2) is 36.5 Å². The van der Waals surface area contributed by atoms with Crippen molar-refractivity contribution in [3.63, 3.8) is 0 Å². The first-order valence-corrected chi connectivity index (χ1v) is 7.69. The van der Waals surface area contributed by atoms with Crippen LogP contribution in [-0.2, 0) is 11.3 Å². The van der Waals surface area contributed by atoms with Crippen molar-refractivity contribution in [3.05, 3.63) is 53.2 Å². The molecule has 0 amide bonds. The van der Waals surface area contributed by atoms with Crippen LogP contribution in [0.3, 0.4) is 0 Å². The number of pyridine rings is 1. The molecule has 3 rings (SSSR count). The van der Waals surface area contributed by atoms with Crippen molar-refractivity contribution in [2.75, 3.05) is 18.5 Å². The molecule has 23 heavy (non-hydrogen) atoms. The summed E-state index contributed by atoms with van der Waals surface area (Å²) in [5.41, 5.74) is 2.72. The predicted molar refractivity (Wildman–Crippen MR) is 87.3 cm³/mol. The van der Waals surface area contributed by atoms with Crippen LogP contribution in [-0.4, -0.2) is 24.3 Å². The minimum absolute atomic E-state index is 0.111. The van der Waals surface area contributed by atoms with Crippen LogP contribution >= 0.6 is 0 Å². The highest BCUT2D eigenvalue weighted by Gasteiger charge is 2.18. The number of nitrogens with one attached hydrogen (secondary N) is 1. The van der Waals surface area contributed by atoms with E-state index in [1.54, 1.807) is 18.3 Å². The Morgan fingerprint density at radius 1 is 1.43 bits per heavy atom. The number of aromatic nitrogens is 1. The molecule has 1 fully saturated rings. The molecule has 2 aromatic rings. The van der Waals surface area contributed by atoms with Crippen LogP contribution < -0.4 is 10.1 Å². The summed E-state index contributed by atoms with van der Waals surface area (Å²) in [5, 5.41) is 12.3. The van der Waals surface area contributed by atoms with Gasteiger partial charge in [-0.1, -0.05) is 12.1 Å². The number of ether oxygens (including phenoxy) is 2. The molecule has 1 atom stereocenters. The number of nitrogens with zero attached hydrogens (tertiary/aromatic N) is 2. The Balaban J connectivity index is 1.75. The Bertz CT molecular complexity index is 718. The van der Waals surface area contributed by atoms with Gasteiger partial charge in [0, 0.05) is 24.7 Å².